The number of rotatable bonds is 7. The molecule has 32 heavy (non-hydrogen) atoms. The van der Waals surface area contributed by atoms with Gasteiger partial charge in [0.2, 0.25) is 5.62 Å². The van der Waals surface area contributed by atoms with Gasteiger partial charge in [-0.2, -0.15) is 0 Å². The van der Waals surface area contributed by atoms with Crippen molar-refractivity contribution in [2.24, 2.45) is 4.99 Å². The van der Waals surface area contributed by atoms with Crippen LogP contribution in [-0.2, 0) is 17.7 Å². The Kier molecular flexibility index (Phi) is 6.61. The van der Waals surface area contributed by atoms with Gasteiger partial charge in [-0.15, -0.1) is 0 Å². The van der Waals surface area contributed by atoms with E-state index in [2.05, 4.69) is 96.6 Å². The van der Waals surface area contributed by atoms with Gasteiger partial charge in [0.15, 0.2) is 0 Å². The predicted octanol–water partition coefficient (Wildman–Crippen LogP) is 5.38. The lowest BCUT2D eigenvalue weighted by Gasteiger charge is -2.20. The fourth-order valence-electron chi connectivity index (χ4n) is 4.43. The average Bonchev–Trinajstić information content (AvgIpc) is 3.09. The minimum absolute atomic E-state index is 0.144. The molecule has 0 radical (unpaired) electrons. The van der Waals surface area contributed by atoms with Crippen LogP contribution in [-0.4, -0.2) is 29.9 Å². The Morgan fingerprint density at radius 1 is 0.781 bits per heavy atom. The summed E-state index contributed by atoms with van der Waals surface area (Å²) < 4.78 is 10.4. The van der Waals surface area contributed by atoms with Gasteiger partial charge >= 0.3 is 0 Å². The SMILES string of the molecule is CN=c1n(Cc2ccc(C)cc2)c2cc(C)ccc2n1C(COC)Cc1ccc(C)cc1. The maximum absolute atomic E-state index is 5.70. The summed E-state index contributed by atoms with van der Waals surface area (Å²) in [5.41, 5.74) is 9.74. The monoisotopic (exact) mass is 427 g/mol. The summed E-state index contributed by atoms with van der Waals surface area (Å²) in [6.07, 6.45) is 0.888. The molecule has 3 aromatic carbocycles. The summed E-state index contributed by atoms with van der Waals surface area (Å²) in [6, 6.07) is 24.4. The Bertz CT molecular complexity index is 1260. The molecule has 0 fully saturated rings. The highest BCUT2D eigenvalue weighted by Gasteiger charge is 2.20. The van der Waals surface area contributed by atoms with Crippen LogP contribution in [0.5, 0.6) is 0 Å². The lowest BCUT2D eigenvalue weighted by molar-refractivity contribution is 0.154. The average molecular weight is 428 g/mol. The van der Waals surface area contributed by atoms with Gasteiger partial charge < -0.3 is 13.9 Å². The topological polar surface area (TPSA) is 31.4 Å². The first kappa shape index (κ1) is 22.1. The van der Waals surface area contributed by atoms with Crippen molar-refractivity contribution in [1.29, 1.82) is 0 Å². The number of imidazole rings is 1. The van der Waals surface area contributed by atoms with Gasteiger partial charge in [-0.25, -0.2) is 0 Å². The van der Waals surface area contributed by atoms with Crippen LogP contribution in [0.1, 0.15) is 33.9 Å². The van der Waals surface area contributed by atoms with Crippen LogP contribution >= 0.6 is 0 Å². The van der Waals surface area contributed by atoms with Gasteiger partial charge in [-0.3, -0.25) is 4.99 Å². The Morgan fingerprint density at radius 2 is 1.38 bits per heavy atom. The highest BCUT2D eigenvalue weighted by atomic mass is 16.5. The second kappa shape index (κ2) is 9.58. The minimum atomic E-state index is 0.144. The molecule has 4 aromatic rings. The molecule has 0 saturated heterocycles. The number of fused-ring (bicyclic) bond motifs is 1. The van der Waals surface area contributed by atoms with Crippen molar-refractivity contribution < 1.29 is 4.74 Å². The van der Waals surface area contributed by atoms with E-state index in [0.717, 1.165) is 18.6 Å². The minimum Gasteiger partial charge on any atom is -0.383 e. The third-order valence-electron chi connectivity index (χ3n) is 6.12. The molecule has 1 unspecified atom stereocenters. The Balaban J connectivity index is 1.87. The van der Waals surface area contributed by atoms with Crippen LogP contribution in [0.4, 0.5) is 0 Å². The van der Waals surface area contributed by atoms with Gasteiger partial charge in [0.25, 0.3) is 0 Å². The molecule has 1 aromatic heterocycles. The largest absolute Gasteiger partial charge is 0.383 e. The second-order valence-corrected chi connectivity index (χ2v) is 8.76. The molecule has 4 nitrogen and oxygen atoms in total. The third kappa shape index (κ3) is 4.56. The molecule has 4 rings (SSSR count). The van der Waals surface area contributed by atoms with E-state index in [-0.39, 0.29) is 6.04 Å². The standard InChI is InChI=1S/C28H33N3O/c1-20-6-11-23(12-7-20)17-25(19-32-5)31-26-15-10-22(3)16-27(26)30(28(31)29-4)18-24-13-8-21(2)9-14-24/h6-16,25H,17-19H2,1-5H3. The number of hydrogen-bond acceptors (Lipinski definition) is 2. The zero-order valence-electron chi connectivity index (χ0n) is 19.8. The van der Waals surface area contributed by atoms with Crippen LogP contribution in [0.3, 0.4) is 0 Å². The molecule has 0 spiro atoms. The molecule has 0 aliphatic rings. The molecule has 166 valence electrons. The Labute approximate surface area is 190 Å². The van der Waals surface area contributed by atoms with Crippen LogP contribution in [0, 0.1) is 20.8 Å². The van der Waals surface area contributed by atoms with E-state index in [9.17, 15) is 0 Å². The normalized spacial score (nSPS) is 13.1. The molecular weight excluding hydrogens is 394 g/mol. The number of nitrogens with zero attached hydrogens (tertiary/aromatic N) is 3. The van der Waals surface area contributed by atoms with Crippen molar-refractivity contribution in [2.45, 2.75) is 39.8 Å². The lowest BCUT2D eigenvalue weighted by Crippen LogP contribution is -2.32. The lowest BCUT2D eigenvalue weighted by atomic mass is 10.0. The molecule has 0 amide bonds. The summed E-state index contributed by atoms with van der Waals surface area (Å²) in [4.78, 5) is 4.78. The van der Waals surface area contributed by atoms with Crippen LogP contribution in [0.25, 0.3) is 11.0 Å². The summed E-state index contributed by atoms with van der Waals surface area (Å²) in [6.45, 7) is 7.80. The number of benzene rings is 3. The summed E-state index contributed by atoms with van der Waals surface area (Å²) in [5, 5.41) is 0. The molecule has 0 aliphatic heterocycles. The number of hydrogen-bond donors (Lipinski definition) is 0. The van der Waals surface area contributed by atoms with E-state index >= 15 is 0 Å². The third-order valence-corrected chi connectivity index (χ3v) is 6.12. The highest BCUT2D eigenvalue weighted by molar-refractivity contribution is 5.77. The van der Waals surface area contributed by atoms with E-state index in [4.69, 9.17) is 9.73 Å². The molecule has 0 bridgehead atoms. The predicted molar refractivity (Wildman–Crippen MR) is 132 cm³/mol. The summed E-state index contributed by atoms with van der Waals surface area (Å²) in [7, 11) is 3.67. The fourth-order valence-corrected chi connectivity index (χ4v) is 4.43. The highest BCUT2D eigenvalue weighted by Crippen LogP contribution is 2.23. The van der Waals surface area contributed by atoms with Gasteiger partial charge in [0.1, 0.15) is 0 Å². The van der Waals surface area contributed by atoms with Crippen molar-refractivity contribution in [3.05, 3.63) is 100 Å². The van der Waals surface area contributed by atoms with Gasteiger partial charge in [-0.05, 0) is 56.0 Å². The zero-order valence-corrected chi connectivity index (χ0v) is 19.8. The number of ether oxygens (including phenoxy) is 1. The quantitative estimate of drug-likeness (QED) is 0.390. The number of methoxy groups -OCH3 is 1. The van der Waals surface area contributed by atoms with Crippen LogP contribution in [0.15, 0.2) is 71.7 Å². The Hall–Kier alpha value is -3.11. The second-order valence-electron chi connectivity index (χ2n) is 8.76. The number of aryl methyl sites for hydroxylation is 3. The molecule has 0 saturated carbocycles. The zero-order chi connectivity index (χ0) is 22.7. The van der Waals surface area contributed by atoms with Crippen molar-refractivity contribution >= 4 is 11.0 Å². The van der Waals surface area contributed by atoms with Gasteiger partial charge in [0.05, 0.1) is 30.2 Å². The first-order valence-electron chi connectivity index (χ1n) is 11.2. The maximum Gasteiger partial charge on any atom is 0.206 e. The molecule has 0 aliphatic carbocycles. The first-order valence-corrected chi connectivity index (χ1v) is 11.2. The number of aromatic nitrogens is 2. The Morgan fingerprint density at radius 3 is 1.97 bits per heavy atom. The van der Waals surface area contributed by atoms with Crippen molar-refractivity contribution in [3.8, 4) is 0 Å². The fraction of sp³-hybridized carbons (Fsp3) is 0.321. The van der Waals surface area contributed by atoms with Crippen LogP contribution in [0.2, 0.25) is 0 Å². The molecular formula is C28H33N3O. The molecule has 4 heteroatoms. The van der Waals surface area contributed by atoms with Crippen molar-refractivity contribution in [1.82, 2.24) is 9.13 Å². The van der Waals surface area contributed by atoms with E-state index in [1.807, 2.05) is 7.05 Å². The first-order chi connectivity index (χ1) is 15.5. The van der Waals surface area contributed by atoms with E-state index < -0.39 is 0 Å². The van der Waals surface area contributed by atoms with Crippen LogP contribution < -0.4 is 5.62 Å². The maximum atomic E-state index is 5.70. The summed E-state index contributed by atoms with van der Waals surface area (Å²) >= 11 is 0. The van der Waals surface area contributed by atoms with Crippen molar-refractivity contribution in [3.63, 3.8) is 0 Å². The van der Waals surface area contributed by atoms with Gasteiger partial charge in [0, 0.05) is 14.2 Å². The smallest absolute Gasteiger partial charge is 0.206 e. The van der Waals surface area contributed by atoms with E-state index in [1.54, 1.807) is 7.11 Å². The van der Waals surface area contributed by atoms with Crippen molar-refractivity contribution in [2.75, 3.05) is 20.8 Å². The molecule has 1 heterocycles. The molecule has 1 atom stereocenters. The van der Waals surface area contributed by atoms with Gasteiger partial charge in [-0.1, -0.05) is 65.7 Å². The van der Waals surface area contributed by atoms with E-state index in [0.29, 0.717) is 6.61 Å². The summed E-state index contributed by atoms with van der Waals surface area (Å²) in [5.74, 6) is 0. The van der Waals surface area contributed by atoms with E-state index in [1.165, 1.54) is 38.9 Å². The molecule has 0 N–H and O–H groups in total.